The van der Waals surface area contributed by atoms with Crippen molar-refractivity contribution in [1.29, 1.82) is 0 Å². The minimum atomic E-state index is -1.81. The molecule has 5 fully saturated rings. The second-order valence-corrected chi connectivity index (χ2v) is 22.0. The molecule has 1 spiro atoms. The fourth-order valence-corrected chi connectivity index (χ4v) is 11.3. The van der Waals surface area contributed by atoms with Crippen molar-refractivity contribution >= 4 is 8.32 Å². The highest BCUT2D eigenvalue weighted by atomic mass is 28.4. The van der Waals surface area contributed by atoms with Gasteiger partial charge in [0.05, 0.1) is 12.7 Å². The van der Waals surface area contributed by atoms with E-state index in [-0.39, 0.29) is 27.8 Å². The van der Waals surface area contributed by atoms with Gasteiger partial charge in [-0.25, -0.2) is 0 Å². The Morgan fingerprint density at radius 1 is 0.897 bits per heavy atom. The van der Waals surface area contributed by atoms with Gasteiger partial charge in [-0.15, -0.1) is 0 Å². The van der Waals surface area contributed by atoms with Gasteiger partial charge in [-0.2, -0.15) is 0 Å². The molecule has 39 heavy (non-hydrogen) atoms. The van der Waals surface area contributed by atoms with Crippen molar-refractivity contribution in [2.45, 2.75) is 137 Å². The first-order chi connectivity index (χ1) is 18.1. The Morgan fingerprint density at radius 2 is 1.56 bits per heavy atom. The van der Waals surface area contributed by atoms with Crippen LogP contribution in [0.15, 0.2) is 0 Å². The summed E-state index contributed by atoms with van der Waals surface area (Å²) in [4.78, 5) is 0. The molecule has 0 radical (unpaired) electrons. The molecule has 3 aliphatic carbocycles. The summed E-state index contributed by atoms with van der Waals surface area (Å²) < 4.78 is 20.4. The molecule has 2 aliphatic heterocycles. The van der Waals surface area contributed by atoms with Crippen molar-refractivity contribution in [3.63, 3.8) is 0 Å². The van der Waals surface area contributed by atoms with Crippen molar-refractivity contribution in [3.8, 4) is 0 Å². The Labute approximate surface area is 241 Å². The molecule has 0 aromatic rings. The van der Waals surface area contributed by atoms with E-state index in [1.54, 1.807) is 0 Å². The Kier molecular flexibility index (Phi) is 8.10. The third-order valence-corrected chi connectivity index (χ3v) is 18.5. The Balaban J connectivity index is 1.37. The van der Waals surface area contributed by atoms with Gasteiger partial charge in [0, 0.05) is 25.6 Å². The van der Waals surface area contributed by atoms with Crippen LogP contribution < -0.4 is 0 Å². The van der Waals surface area contributed by atoms with Crippen LogP contribution in [0.2, 0.25) is 18.1 Å². The summed E-state index contributed by atoms with van der Waals surface area (Å²) >= 11 is 0. The highest BCUT2D eigenvalue weighted by Gasteiger charge is 2.68. The number of hydrogen-bond acceptors (Lipinski definition) is 4. The predicted octanol–water partition coefficient (Wildman–Crippen LogP) is 8.29. The zero-order valence-corrected chi connectivity index (χ0v) is 28.1. The second kappa shape index (κ2) is 10.4. The van der Waals surface area contributed by atoms with Gasteiger partial charge in [-0.3, -0.25) is 0 Å². The van der Waals surface area contributed by atoms with Gasteiger partial charge in [0.1, 0.15) is 0 Å². The summed E-state index contributed by atoms with van der Waals surface area (Å²) in [6.07, 6.45) is 10.0. The third-order valence-electron chi connectivity index (χ3n) is 14.0. The van der Waals surface area contributed by atoms with E-state index in [2.05, 4.69) is 68.5 Å². The Morgan fingerprint density at radius 3 is 2.18 bits per heavy atom. The van der Waals surface area contributed by atoms with Gasteiger partial charge in [0.15, 0.2) is 14.1 Å². The van der Waals surface area contributed by atoms with Crippen molar-refractivity contribution in [2.75, 3.05) is 19.8 Å². The molecule has 4 nitrogen and oxygen atoms in total. The summed E-state index contributed by atoms with van der Waals surface area (Å²) in [5, 5.41) is 11.3. The smallest absolute Gasteiger partial charge is 0.191 e. The van der Waals surface area contributed by atoms with Crippen molar-refractivity contribution in [1.82, 2.24) is 0 Å². The van der Waals surface area contributed by atoms with Crippen molar-refractivity contribution in [2.24, 2.45) is 58.2 Å². The number of hydrogen-bond donors (Lipinski definition) is 1. The van der Waals surface area contributed by atoms with Crippen LogP contribution in [0.25, 0.3) is 0 Å². The lowest BCUT2D eigenvalue weighted by Crippen LogP contribution is -2.54. The molecule has 3 saturated carbocycles. The molecule has 0 bridgehead atoms. The number of aliphatic hydroxyl groups is 1. The lowest BCUT2D eigenvalue weighted by Gasteiger charge is -2.58. The molecule has 5 aliphatic rings. The van der Waals surface area contributed by atoms with Crippen LogP contribution in [0, 0.1) is 58.2 Å². The maximum absolute atomic E-state index is 11.1. The van der Waals surface area contributed by atoms with Crippen LogP contribution >= 0.6 is 0 Å². The van der Waals surface area contributed by atoms with Crippen LogP contribution in [-0.4, -0.2) is 45.1 Å². The van der Waals surface area contributed by atoms with Gasteiger partial charge < -0.3 is 19.0 Å². The average molecular weight is 563 g/mol. The first-order valence-electron chi connectivity index (χ1n) is 16.6. The first-order valence-corrected chi connectivity index (χ1v) is 19.6. The van der Waals surface area contributed by atoms with Gasteiger partial charge in [-0.1, -0.05) is 61.8 Å². The molecule has 1 N–H and O–H groups in total. The first kappa shape index (κ1) is 30.5. The summed E-state index contributed by atoms with van der Waals surface area (Å²) in [7, 11) is -1.81. The van der Waals surface area contributed by atoms with Crippen LogP contribution in [0.1, 0.15) is 107 Å². The van der Waals surface area contributed by atoms with E-state index in [9.17, 15) is 5.11 Å². The lowest BCUT2D eigenvalue weighted by molar-refractivity contribution is -0.273. The summed E-state index contributed by atoms with van der Waals surface area (Å²) in [5.74, 6) is 4.06. The number of rotatable bonds is 5. The van der Waals surface area contributed by atoms with Crippen molar-refractivity contribution in [3.05, 3.63) is 0 Å². The van der Waals surface area contributed by atoms with Gasteiger partial charge >= 0.3 is 0 Å². The molecule has 0 aromatic heterocycles. The number of fused-ring (bicyclic) bond motifs is 3. The highest BCUT2D eigenvalue weighted by Crippen LogP contribution is 2.69. The largest absolute Gasteiger partial charge is 0.417 e. The highest BCUT2D eigenvalue weighted by molar-refractivity contribution is 6.74. The third kappa shape index (κ3) is 4.94. The van der Waals surface area contributed by atoms with Crippen LogP contribution in [0.4, 0.5) is 0 Å². The van der Waals surface area contributed by atoms with Crippen LogP contribution in [0.3, 0.4) is 0 Å². The van der Waals surface area contributed by atoms with E-state index >= 15 is 0 Å². The lowest BCUT2D eigenvalue weighted by atomic mass is 9.48. The molecule has 0 aromatic carbocycles. The minimum Gasteiger partial charge on any atom is -0.417 e. The van der Waals surface area contributed by atoms with E-state index in [1.807, 2.05) is 0 Å². The maximum Gasteiger partial charge on any atom is 0.191 e. The number of ether oxygens (including phenoxy) is 2. The number of aliphatic hydroxyl groups excluding tert-OH is 1. The van der Waals surface area contributed by atoms with E-state index in [1.165, 1.54) is 38.5 Å². The Bertz CT molecular complexity index is 875. The summed E-state index contributed by atoms with van der Waals surface area (Å²) in [6.45, 7) is 26.3. The molecule has 0 amide bonds. The molecule has 226 valence electrons. The topological polar surface area (TPSA) is 47.9 Å². The second-order valence-electron chi connectivity index (χ2n) is 17.2. The monoisotopic (exact) mass is 562 g/mol. The molecular weight excluding hydrogens is 500 g/mol. The van der Waals surface area contributed by atoms with Gasteiger partial charge in [-0.05, 0) is 109 Å². The van der Waals surface area contributed by atoms with Crippen LogP contribution in [-0.2, 0) is 13.9 Å². The quantitative estimate of drug-likeness (QED) is 0.342. The van der Waals surface area contributed by atoms with Crippen molar-refractivity contribution < 1.29 is 19.0 Å². The Hall–Kier alpha value is 0.0569. The average Bonchev–Trinajstić information content (AvgIpc) is 3.30. The maximum atomic E-state index is 11.1. The van der Waals surface area contributed by atoms with Gasteiger partial charge in [0.25, 0.3) is 0 Å². The molecule has 5 heteroatoms. The summed E-state index contributed by atoms with van der Waals surface area (Å²) in [6, 6.07) is 0. The van der Waals surface area contributed by atoms with E-state index < -0.39 is 8.32 Å². The fraction of sp³-hybridized carbons (Fsp3) is 1.00. The summed E-state index contributed by atoms with van der Waals surface area (Å²) in [5.41, 5.74) is 0.465. The van der Waals surface area contributed by atoms with E-state index in [0.717, 1.165) is 32.0 Å². The minimum absolute atomic E-state index is 0.232. The zero-order valence-electron chi connectivity index (χ0n) is 27.1. The predicted molar refractivity (Wildman–Crippen MR) is 162 cm³/mol. The van der Waals surface area contributed by atoms with E-state index in [4.69, 9.17) is 13.9 Å². The fourth-order valence-electron chi connectivity index (χ4n) is 10.3. The standard InChI is InChI=1S/C34H62O4Si/c1-22-11-14-32(7,25(17-22)21-37-39(9,10)31(4,5)6)27-13-15-33(8)28(26(27)19-35)18-29-30(33)24(3)34(38-29)16-12-23(2)20-36-34/h22-30,35H,11-21H2,1-10H3/t22-,23?,24-,25+,26+,27-,28-,29-,30-,32-,33-,34+/m0/s1. The molecule has 2 saturated heterocycles. The zero-order chi connectivity index (χ0) is 28.6. The molecular formula is C34H62O4Si. The molecule has 5 rings (SSSR count). The SMILES string of the molecule is CC1CC[C@@]2(OC1)O[C@H]1C[C@H]3[C@H](CO)[C@@H]([C@@]4(C)CC[C@H](C)C[C@@H]4CO[Si](C)(C)C(C)(C)C)CC[C@]3(C)[C@H]1[C@@H]2C. The van der Waals surface area contributed by atoms with Gasteiger partial charge in [0.2, 0.25) is 0 Å². The molecule has 12 atom stereocenters. The van der Waals surface area contributed by atoms with Crippen LogP contribution in [0.5, 0.6) is 0 Å². The molecule has 1 unspecified atom stereocenters. The molecule has 2 heterocycles. The van der Waals surface area contributed by atoms with E-state index in [0.29, 0.717) is 48.0 Å². The normalized spacial score (nSPS) is 50.7.